The maximum atomic E-state index is 12.8. The Kier molecular flexibility index (Phi) is 8.04. The first kappa shape index (κ1) is 26.7. The van der Waals surface area contributed by atoms with Crippen molar-refractivity contribution in [1.82, 2.24) is 0 Å². The van der Waals surface area contributed by atoms with Crippen LogP contribution in [0.25, 0.3) is 0 Å². The quantitative estimate of drug-likeness (QED) is 0.465. The van der Waals surface area contributed by atoms with Crippen molar-refractivity contribution in [2.24, 2.45) is 35.5 Å². The van der Waals surface area contributed by atoms with Gasteiger partial charge in [0.15, 0.2) is 11.2 Å². The lowest BCUT2D eigenvalue weighted by molar-refractivity contribution is -0.271. The van der Waals surface area contributed by atoms with E-state index in [0.717, 1.165) is 12.8 Å². The first-order valence-electron chi connectivity index (χ1n) is 10.7. The third-order valence-electron chi connectivity index (χ3n) is 7.36. The van der Waals surface area contributed by atoms with E-state index in [4.69, 9.17) is 9.47 Å². The molecule has 0 aromatic heterocycles. The van der Waals surface area contributed by atoms with Crippen LogP contribution in [0.1, 0.15) is 47.0 Å². The molecule has 2 aliphatic rings. The molecule has 0 saturated heterocycles. The van der Waals surface area contributed by atoms with Crippen LogP contribution in [0.15, 0.2) is 0 Å². The maximum absolute atomic E-state index is 12.8. The SMILES string of the molecule is CC1C2CC(CC(COCC(C)(O)C(F)(F)F)COCC(C)(O)C(F)(F)F)C(C2)C1C. The summed E-state index contributed by atoms with van der Waals surface area (Å²) in [5, 5.41) is 19.1. The highest BCUT2D eigenvalue weighted by Crippen LogP contribution is 2.56. The first-order valence-corrected chi connectivity index (χ1v) is 10.7. The molecule has 7 atom stereocenters. The monoisotopic (exact) mass is 464 g/mol. The number of hydrogen-bond acceptors (Lipinski definition) is 4. The predicted octanol–water partition coefficient (Wildman–Crippen LogP) is 4.58. The number of rotatable bonds is 10. The van der Waals surface area contributed by atoms with Gasteiger partial charge in [-0.25, -0.2) is 0 Å². The van der Waals surface area contributed by atoms with Crippen molar-refractivity contribution in [2.75, 3.05) is 26.4 Å². The Morgan fingerprint density at radius 3 is 1.61 bits per heavy atom. The molecule has 2 bridgehead atoms. The summed E-state index contributed by atoms with van der Waals surface area (Å²) in [7, 11) is 0. The van der Waals surface area contributed by atoms with Crippen LogP contribution in [0, 0.1) is 35.5 Å². The van der Waals surface area contributed by atoms with Crippen molar-refractivity contribution in [1.29, 1.82) is 0 Å². The molecular weight excluding hydrogens is 430 g/mol. The third kappa shape index (κ3) is 6.26. The summed E-state index contributed by atoms with van der Waals surface area (Å²) >= 11 is 0. The van der Waals surface area contributed by atoms with E-state index in [1.54, 1.807) is 0 Å². The molecule has 2 saturated carbocycles. The maximum Gasteiger partial charge on any atom is 0.419 e. The van der Waals surface area contributed by atoms with Gasteiger partial charge in [-0.1, -0.05) is 13.8 Å². The Labute approximate surface area is 179 Å². The molecule has 2 rings (SSSR count). The predicted molar refractivity (Wildman–Crippen MR) is 101 cm³/mol. The van der Waals surface area contributed by atoms with Crippen LogP contribution in [0.5, 0.6) is 0 Å². The van der Waals surface area contributed by atoms with Gasteiger partial charge >= 0.3 is 12.4 Å². The normalized spacial score (nSPS) is 33.9. The molecule has 10 heteroatoms. The summed E-state index contributed by atoms with van der Waals surface area (Å²) < 4.78 is 87.2. The standard InChI is InChI=1S/C21H34F6O4/c1-12-13(2)17-7-15(12)6-16(17)5-14(8-30-10-18(3,28)20(22,23)24)9-31-11-19(4,29)21(25,26)27/h12-17,28-29H,5-11H2,1-4H3. The van der Waals surface area contributed by atoms with E-state index in [1.807, 2.05) is 0 Å². The zero-order valence-electron chi connectivity index (χ0n) is 18.4. The smallest absolute Gasteiger partial charge is 0.379 e. The van der Waals surface area contributed by atoms with E-state index in [1.165, 1.54) is 0 Å². The van der Waals surface area contributed by atoms with Gasteiger partial charge in [0.05, 0.1) is 26.4 Å². The number of fused-ring (bicyclic) bond motifs is 2. The summed E-state index contributed by atoms with van der Waals surface area (Å²) in [6.45, 7) is 3.31. The average molecular weight is 464 g/mol. The van der Waals surface area contributed by atoms with Gasteiger partial charge in [-0.3, -0.25) is 0 Å². The van der Waals surface area contributed by atoms with Crippen LogP contribution in [-0.2, 0) is 9.47 Å². The lowest BCUT2D eigenvalue weighted by atomic mass is 9.73. The number of hydrogen-bond donors (Lipinski definition) is 2. The highest BCUT2D eigenvalue weighted by atomic mass is 19.4. The number of alkyl halides is 6. The van der Waals surface area contributed by atoms with Crippen LogP contribution in [-0.4, -0.2) is 60.2 Å². The molecule has 2 aliphatic carbocycles. The number of ether oxygens (including phenoxy) is 2. The lowest BCUT2D eigenvalue weighted by Crippen LogP contribution is -2.47. The van der Waals surface area contributed by atoms with Crippen molar-refractivity contribution in [3.05, 3.63) is 0 Å². The molecule has 4 nitrogen and oxygen atoms in total. The molecule has 0 spiro atoms. The topological polar surface area (TPSA) is 58.9 Å². The molecule has 2 N–H and O–H groups in total. The van der Waals surface area contributed by atoms with Gasteiger partial charge in [-0.2, -0.15) is 26.3 Å². The summed E-state index contributed by atoms with van der Waals surface area (Å²) in [5.74, 6) is 2.04. The first-order chi connectivity index (χ1) is 14.0. The fourth-order valence-corrected chi connectivity index (χ4v) is 4.99. The minimum absolute atomic E-state index is 0.182. The Hall–Kier alpha value is -0.580. The molecule has 0 heterocycles. The minimum Gasteiger partial charge on any atom is -0.379 e. The minimum atomic E-state index is -4.86. The van der Waals surface area contributed by atoms with E-state index < -0.39 is 42.7 Å². The Bertz CT molecular complexity index is 555. The van der Waals surface area contributed by atoms with Gasteiger partial charge in [-0.05, 0) is 62.7 Å². The summed E-state index contributed by atoms with van der Waals surface area (Å²) in [6.07, 6.45) is -7.10. The van der Waals surface area contributed by atoms with Gasteiger partial charge < -0.3 is 19.7 Å². The highest BCUT2D eigenvalue weighted by molar-refractivity contribution is 4.98. The van der Waals surface area contributed by atoms with Crippen LogP contribution in [0.4, 0.5) is 26.3 Å². The molecule has 0 aromatic rings. The molecule has 0 aliphatic heterocycles. The Morgan fingerprint density at radius 1 is 0.806 bits per heavy atom. The van der Waals surface area contributed by atoms with E-state index in [9.17, 15) is 36.6 Å². The molecular formula is C21H34F6O4. The van der Waals surface area contributed by atoms with Gasteiger partial charge in [0.2, 0.25) is 0 Å². The number of halogens is 6. The van der Waals surface area contributed by atoms with E-state index in [0.29, 0.717) is 49.9 Å². The second-order valence-electron chi connectivity index (χ2n) is 10.0. The zero-order valence-corrected chi connectivity index (χ0v) is 18.4. The Morgan fingerprint density at radius 2 is 1.26 bits per heavy atom. The molecule has 0 amide bonds. The number of aliphatic hydroxyl groups is 2. The molecule has 184 valence electrons. The fourth-order valence-electron chi connectivity index (χ4n) is 4.99. The molecule has 31 heavy (non-hydrogen) atoms. The van der Waals surface area contributed by atoms with Crippen LogP contribution < -0.4 is 0 Å². The second-order valence-corrected chi connectivity index (χ2v) is 10.0. The summed E-state index contributed by atoms with van der Waals surface area (Å²) in [6, 6.07) is 0. The van der Waals surface area contributed by atoms with Gasteiger partial charge in [0.25, 0.3) is 0 Å². The van der Waals surface area contributed by atoms with Crippen LogP contribution in [0.2, 0.25) is 0 Å². The van der Waals surface area contributed by atoms with Crippen molar-refractivity contribution in [3.8, 4) is 0 Å². The highest BCUT2D eigenvalue weighted by Gasteiger charge is 2.52. The lowest BCUT2D eigenvalue weighted by Gasteiger charge is -2.34. The van der Waals surface area contributed by atoms with Gasteiger partial charge in [0, 0.05) is 5.92 Å². The largest absolute Gasteiger partial charge is 0.419 e. The van der Waals surface area contributed by atoms with Crippen LogP contribution in [0.3, 0.4) is 0 Å². The van der Waals surface area contributed by atoms with Crippen molar-refractivity contribution < 1.29 is 46.0 Å². The van der Waals surface area contributed by atoms with Crippen molar-refractivity contribution in [3.63, 3.8) is 0 Å². The molecule has 0 aromatic carbocycles. The Balaban J connectivity index is 1.95. The summed E-state index contributed by atoms with van der Waals surface area (Å²) in [5.41, 5.74) is -6.04. The molecule has 2 fully saturated rings. The van der Waals surface area contributed by atoms with E-state index >= 15 is 0 Å². The molecule has 7 unspecified atom stereocenters. The average Bonchev–Trinajstić information content (AvgIpc) is 3.12. The zero-order chi connectivity index (χ0) is 23.8. The fraction of sp³-hybridized carbons (Fsp3) is 1.00. The van der Waals surface area contributed by atoms with Gasteiger partial charge in [0.1, 0.15) is 0 Å². The second kappa shape index (κ2) is 9.35. The summed E-state index contributed by atoms with van der Waals surface area (Å²) in [4.78, 5) is 0. The van der Waals surface area contributed by atoms with Crippen molar-refractivity contribution >= 4 is 0 Å². The van der Waals surface area contributed by atoms with E-state index in [-0.39, 0.29) is 13.2 Å². The van der Waals surface area contributed by atoms with Gasteiger partial charge in [-0.15, -0.1) is 0 Å². The van der Waals surface area contributed by atoms with Crippen molar-refractivity contribution in [2.45, 2.75) is 70.5 Å². The third-order valence-corrected chi connectivity index (χ3v) is 7.36. The van der Waals surface area contributed by atoms with Crippen LogP contribution >= 0.6 is 0 Å². The van der Waals surface area contributed by atoms with E-state index in [2.05, 4.69) is 13.8 Å². The molecule has 0 radical (unpaired) electrons.